The topological polar surface area (TPSA) is 69.6 Å². The highest BCUT2D eigenvalue weighted by Crippen LogP contribution is 1.99. The van der Waals surface area contributed by atoms with Crippen LogP contribution in [0.1, 0.15) is 19.8 Å². The van der Waals surface area contributed by atoms with E-state index in [9.17, 15) is 9.59 Å². The van der Waals surface area contributed by atoms with Crippen molar-refractivity contribution in [3.63, 3.8) is 0 Å². The number of nitrogens with one attached hydrogen (secondary N) is 1. The number of amides is 2. The highest BCUT2D eigenvalue weighted by molar-refractivity contribution is 5.80. The molecule has 0 aliphatic rings. The van der Waals surface area contributed by atoms with Gasteiger partial charge in [-0.1, -0.05) is 13.0 Å². The lowest BCUT2D eigenvalue weighted by atomic mass is 10.1. The van der Waals surface area contributed by atoms with Crippen LogP contribution in [0.25, 0.3) is 0 Å². The molecule has 0 saturated heterocycles. The molecule has 0 spiro atoms. The summed E-state index contributed by atoms with van der Waals surface area (Å²) in [7, 11) is 0. The van der Waals surface area contributed by atoms with Crippen molar-refractivity contribution in [3.05, 3.63) is 12.7 Å². The molecule has 0 rings (SSSR count). The molecule has 0 saturated carbocycles. The van der Waals surface area contributed by atoms with Gasteiger partial charge in [0.2, 0.25) is 0 Å². The molecule has 0 aliphatic heterocycles. The van der Waals surface area contributed by atoms with Crippen molar-refractivity contribution in [2.24, 2.45) is 0 Å². The highest BCUT2D eigenvalue weighted by atomic mass is 16.4. The van der Waals surface area contributed by atoms with Gasteiger partial charge >= 0.3 is 12.0 Å². The van der Waals surface area contributed by atoms with E-state index in [0.29, 0.717) is 12.8 Å². The minimum Gasteiger partial charge on any atom is -0.480 e. The van der Waals surface area contributed by atoms with E-state index in [1.54, 1.807) is 0 Å². The molecular formula is C12H18N2O3. The number of rotatable bonds is 7. The number of aliphatic carboxylic acids is 1. The summed E-state index contributed by atoms with van der Waals surface area (Å²) in [6.45, 7) is 5.21. The fourth-order valence-electron chi connectivity index (χ4n) is 1.24. The third kappa shape index (κ3) is 6.25. The van der Waals surface area contributed by atoms with E-state index in [1.807, 2.05) is 6.92 Å². The Morgan fingerprint density at radius 3 is 2.71 bits per heavy atom. The number of urea groups is 1. The van der Waals surface area contributed by atoms with E-state index in [2.05, 4.69) is 17.8 Å². The van der Waals surface area contributed by atoms with Gasteiger partial charge in [-0.05, 0) is 6.42 Å². The Hall–Kier alpha value is -1.96. The molecule has 0 bridgehead atoms. The van der Waals surface area contributed by atoms with Crippen molar-refractivity contribution in [1.82, 2.24) is 10.2 Å². The van der Waals surface area contributed by atoms with Crippen molar-refractivity contribution in [1.29, 1.82) is 0 Å². The Balaban J connectivity index is 4.44. The third-order valence-electron chi connectivity index (χ3n) is 2.15. The molecule has 2 amide bonds. The van der Waals surface area contributed by atoms with Crippen molar-refractivity contribution >= 4 is 12.0 Å². The van der Waals surface area contributed by atoms with Crippen LogP contribution in [0.2, 0.25) is 0 Å². The Morgan fingerprint density at radius 1 is 1.65 bits per heavy atom. The Bertz CT molecular complexity index is 320. The smallest absolute Gasteiger partial charge is 0.323 e. The lowest BCUT2D eigenvalue weighted by Crippen LogP contribution is -2.46. The first-order chi connectivity index (χ1) is 8.04. The maximum atomic E-state index is 11.7. The van der Waals surface area contributed by atoms with Crippen LogP contribution in [-0.4, -0.2) is 41.1 Å². The number of hydrogen-bond acceptors (Lipinski definition) is 2. The Labute approximate surface area is 101 Å². The summed E-state index contributed by atoms with van der Waals surface area (Å²) < 4.78 is 0. The van der Waals surface area contributed by atoms with Gasteiger partial charge in [0.1, 0.15) is 6.54 Å². The zero-order valence-corrected chi connectivity index (χ0v) is 9.98. The van der Waals surface area contributed by atoms with Gasteiger partial charge < -0.3 is 15.3 Å². The molecular weight excluding hydrogens is 220 g/mol. The molecule has 0 fully saturated rings. The lowest BCUT2D eigenvalue weighted by Gasteiger charge is -2.22. The Morgan fingerprint density at radius 2 is 2.29 bits per heavy atom. The largest absolute Gasteiger partial charge is 0.480 e. The molecule has 0 aromatic carbocycles. The molecule has 94 valence electrons. The molecule has 0 aromatic rings. The molecule has 2 N–H and O–H groups in total. The van der Waals surface area contributed by atoms with Gasteiger partial charge in [-0.25, -0.2) is 4.79 Å². The number of nitrogens with zero attached hydrogens (tertiary/aromatic N) is 1. The van der Waals surface area contributed by atoms with Crippen LogP contribution in [0, 0.1) is 12.3 Å². The zero-order valence-electron chi connectivity index (χ0n) is 9.98. The summed E-state index contributed by atoms with van der Waals surface area (Å²) >= 11 is 0. The van der Waals surface area contributed by atoms with Gasteiger partial charge in [-0.2, -0.15) is 0 Å². The summed E-state index contributed by atoms with van der Waals surface area (Å²) in [5, 5.41) is 11.4. The summed E-state index contributed by atoms with van der Waals surface area (Å²) in [5.74, 6) is 1.40. The zero-order chi connectivity index (χ0) is 13.3. The molecule has 1 atom stereocenters. The monoisotopic (exact) mass is 238 g/mol. The first kappa shape index (κ1) is 15.0. The minimum atomic E-state index is -1.06. The molecule has 5 nitrogen and oxygen atoms in total. The predicted octanol–water partition coefficient (Wildman–Crippen LogP) is 1.07. The number of hydrogen-bond donors (Lipinski definition) is 2. The van der Waals surface area contributed by atoms with Crippen molar-refractivity contribution in [2.45, 2.75) is 25.8 Å². The van der Waals surface area contributed by atoms with E-state index in [-0.39, 0.29) is 19.1 Å². The number of carboxylic acid groups (broad SMARTS) is 1. The molecule has 5 heteroatoms. The SMILES string of the molecule is C#CCC(CC)NC(=O)N(CC=C)CC(=O)O. The average Bonchev–Trinajstić information content (AvgIpc) is 2.27. The van der Waals surface area contributed by atoms with Crippen molar-refractivity contribution in [3.8, 4) is 12.3 Å². The summed E-state index contributed by atoms with van der Waals surface area (Å²) in [6, 6.07) is -0.567. The first-order valence-corrected chi connectivity index (χ1v) is 5.36. The second kappa shape index (κ2) is 8.22. The highest BCUT2D eigenvalue weighted by Gasteiger charge is 2.17. The van der Waals surface area contributed by atoms with Crippen LogP contribution in [0.15, 0.2) is 12.7 Å². The summed E-state index contributed by atoms with van der Waals surface area (Å²) in [6.07, 6.45) is 7.78. The van der Waals surface area contributed by atoms with Gasteiger partial charge in [-0.3, -0.25) is 4.79 Å². The van der Waals surface area contributed by atoms with Gasteiger partial charge in [0.15, 0.2) is 0 Å². The normalized spacial score (nSPS) is 11.1. The van der Waals surface area contributed by atoms with Crippen LogP contribution in [0.3, 0.4) is 0 Å². The van der Waals surface area contributed by atoms with Gasteiger partial charge in [-0.15, -0.1) is 18.9 Å². The maximum Gasteiger partial charge on any atom is 0.323 e. The second-order valence-corrected chi connectivity index (χ2v) is 3.53. The fourth-order valence-corrected chi connectivity index (χ4v) is 1.24. The van der Waals surface area contributed by atoms with Crippen molar-refractivity contribution in [2.75, 3.05) is 13.1 Å². The van der Waals surface area contributed by atoms with Crippen LogP contribution >= 0.6 is 0 Å². The van der Waals surface area contributed by atoms with E-state index in [0.717, 1.165) is 4.90 Å². The van der Waals surface area contributed by atoms with E-state index < -0.39 is 12.0 Å². The third-order valence-corrected chi connectivity index (χ3v) is 2.15. The van der Waals surface area contributed by atoms with Gasteiger partial charge in [0, 0.05) is 19.0 Å². The summed E-state index contributed by atoms with van der Waals surface area (Å²) in [4.78, 5) is 23.5. The van der Waals surface area contributed by atoms with E-state index in [4.69, 9.17) is 11.5 Å². The van der Waals surface area contributed by atoms with Crippen LogP contribution in [0.5, 0.6) is 0 Å². The van der Waals surface area contributed by atoms with Gasteiger partial charge in [0.25, 0.3) is 0 Å². The van der Waals surface area contributed by atoms with Crippen LogP contribution < -0.4 is 5.32 Å². The first-order valence-electron chi connectivity index (χ1n) is 5.36. The quantitative estimate of drug-likeness (QED) is 0.515. The average molecular weight is 238 g/mol. The van der Waals surface area contributed by atoms with Gasteiger partial charge in [0.05, 0.1) is 0 Å². The maximum absolute atomic E-state index is 11.7. The van der Waals surface area contributed by atoms with E-state index in [1.165, 1.54) is 6.08 Å². The lowest BCUT2D eigenvalue weighted by molar-refractivity contribution is -0.137. The van der Waals surface area contributed by atoms with Crippen LogP contribution in [0.4, 0.5) is 4.79 Å². The molecule has 0 heterocycles. The number of carbonyl (C=O) groups excluding carboxylic acids is 1. The second-order valence-electron chi connectivity index (χ2n) is 3.53. The molecule has 0 radical (unpaired) electrons. The predicted molar refractivity (Wildman–Crippen MR) is 65.5 cm³/mol. The molecule has 17 heavy (non-hydrogen) atoms. The molecule has 1 unspecified atom stereocenters. The molecule has 0 aliphatic carbocycles. The minimum absolute atomic E-state index is 0.131. The number of carbonyl (C=O) groups is 2. The Kier molecular flexibility index (Phi) is 7.27. The van der Waals surface area contributed by atoms with Crippen LogP contribution in [-0.2, 0) is 4.79 Å². The van der Waals surface area contributed by atoms with Crippen molar-refractivity contribution < 1.29 is 14.7 Å². The summed E-state index contributed by atoms with van der Waals surface area (Å²) in [5.41, 5.74) is 0. The standard InChI is InChI=1S/C12H18N2O3/c1-4-7-10(6-3)13-12(17)14(8-5-2)9-11(15)16/h1,5,10H,2,6-9H2,3H3,(H,13,17)(H,15,16). The molecule has 0 aromatic heterocycles. The number of carboxylic acids is 1. The van der Waals surface area contributed by atoms with E-state index >= 15 is 0 Å². The number of terminal acetylenes is 1. The fraction of sp³-hybridized carbons (Fsp3) is 0.500.